The molecular weight excluding hydrogens is 300 g/mol. The molecule has 0 fully saturated rings. The van der Waals surface area contributed by atoms with Gasteiger partial charge in [0.25, 0.3) is 0 Å². The van der Waals surface area contributed by atoms with Gasteiger partial charge in [-0.3, -0.25) is 9.59 Å². The maximum atomic E-state index is 11.7. The third-order valence-electron chi connectivity index (χ3n) is 2.85. The lowest BCUT2D eigenvalue weighted by atomic mass is 10.0. The van der Waals surface area contributed by atoms with Gasteiger partial charge in [0.15, 0.2) is 0 Å². The van der Waals surface area contributed by atoms with E-state index in [4.69, 9.17) is 9.47 Å². The van der Waals surface area contributed by atoms with Crippen molar-refractivity contribution in [1.29, 1.82) is 0 Å². The van der Waals surface area contributed by atoms with Crippen LogP contribution < -0.4 is 0 Å². The molecule has 0 spiro atoms. The normalized spacial score (nSPS) is 12.6. The Balaban J connectivity index is 2.48. The van der Waals surface area contributed by atoms with Crippen molar-refractivity contribution < 1.29 is 19.1 Å². The van der Waals surface area contributed by atoms with Crippen molar-refractivity contribution >= 4 is 23.7 Å². The molecule has 5 heteroatoms. The van der Waals surface area contributed by atoms with Gasteiger partial charge in [-0.05, 0) is 44.9 Å². The highest BCUT2D eigenvalue weighted by Gasteiger charge is 2.16. The first kappa shape index (κ1) is 18.6. The number of hydrogen-bond acceptors (Lipinski definition) is 5. The van der Waals surface area contributed by atoms with Crippen molar-refractivity contribution in [1.82, 2.24) is 0 Å². The second kappa shape index (κ2) is 8.22. The maximum absolute atomic E-state index is 11.7. The van der Waals surface area contributed by atoms with Crippen molar-refractivity contribution in [3.63, 3.8) is 0 Å². The molecule has 0 aliphatic carbocycles. The van der Waals surface area contributed by atoms with E-state index in [2.05, 4.69) is 0 Å². The van der Waals surface area contributed by atoms with Crippen LogP contribution in [0.2, 0.25) is 0 Å². The summed E-state index contributed by atoms with van der Waals surface area (Å²) in [6.45, 7) is 7.41. The quantitative estimate of drug-likeness (QED) is 0.592. The molecule has 0 aliphatic rings. The smallest absolute Gasteiger partial charge is 0.316 e. The zero-order valence-corrected chi connectivity index (χ0v) is 14.7. The summed E-state index contributed by atoms with van der Waals surface area (Å²) in [5.41, 5.74) is 0.616. The van der Waals surface area contributed by atoms with E-state index >= 15 is 0 Å². The molecule has 0 saturated heterocycles. The van der Waals surface area contributed by atoms with Gasteiger partial charge < -0.3 is 9.47 Å². The Kier molecular flexibility index (Phi) is 6.94. The van der Waals surface area contributed by atoms with Crippen molar-refractivity contribution in [2.45, 2.75) is 44.6 Å². The number of rotatable bonds is 6. The highest BCUT2D eigenvalue weighted by molar-refractivity contribution is 8.00. The molecule has 0 N–H and O–H groups in total. The number of hydrogen-bond donors (Lipinski definition) is 0. The summed E-state index contributed by atoms with van der Waals surface area (Å²) in [6.07, 6.45) is 0.643. The summed E-state index contributed by atoms with van der Waals surface area (Å²) < 4.78 is 9.98. The average Bonchev–Trinajstić information content (AvgIpc) is 2.43. The van der Waals surface area contributed by atoms with Crippen molar-refractivity contribution in [2.24, 2.45) is 5.92 Å². The van der Waals surface area contributed by atoms with E-state index in [-0.39, 0.29) is 23.6 Å². The van der Waals surface area contributed by atoms with Crippen LogP contribution in [0.25, 0.3) is 0 Å². The average molecular weight is 324 g/mol. The topological polar surface area (TPSA) is 52.6 Å². The van der Waals surface area contributed by atoms with Crippen LogP contribution in [-0.4, -0.2) is 30.4 Å². The van der Waals surface area contributed by atoms with E-state index in [1.165, 1.54) is 18.9 Å². The standard InChI is InChI=1S/C17H24O4S/c1-12(16(19)20-5)10-13-6-8-14(9-7-13)22-11-15(18)21-17(2,3)4/h6-9,12H,10-11H2,1-5H3. The van der Waals surface area contributed by atoms with Gasteiger partial charge in [-0.2, -0.15) is 0 Å². The van der Waals surface area contributed by atoms with Crippen LogP contribution in [0.15, 0.2) is 29.2 Å². The lowest BCUT2D eigenvalue weighted by Crippen LogP contribution is -2.24. The van der Waals surface area contributed by atoms with Gasteiger partial charge >= 0.3 is 11.9 Å². The van der Waals surface area contributed by atoms with Crippen LogP contribution in [0.5, 0.6) is 0 Å². The molecule has 0 bridgehead atoms. The van der Waals surface area contributed by atoms with Crippen LogP contribution in [-0.2, 0) is 25.5 Å². The Morgan fingerprint density at radius 2 is 1.77 bits per heavy atom. The van der Waals surface area contributed by atoms with Gasteiger partial charge in [-0.25, -0.2) is 0 Å². The number of carbonyl (C=O) groups excluding carboxylic acids is 2. The van der Waals surface area contributed by atoms with Crippen LogP contribution >= 0.6 is 11.8 Å². The molecule has 1 rings (SSSR count). The SMILES string of the molecule is COC(=O)C(C)Cc1ccc(SCC(=O)OC(C)(C)C)cc1. The molecular formula is C17H24O4S. The fraction of sp³-hybridized carbons (Fsp3) is 0.529. The Morgan fingerprint density at radius 3 is 2.27 bits per heavy atom. The zero-order chi connectivity index (χ0) is 16.8. The minimum absolute atomic E-state index is 0.162. The summed E-state index contributed by atoms with van der Waals surface area (Å²) in [5, 5.41) is 0. The van der Waals surface area contributed by atoms with Gasteiger partial charge in [0.1, 0.15) is 5.60 Å². The van der Waals surface area contributed by atoms with Crippen LogP contribution in [0, 0.1) is 5.92 Å². The fourth-order valence-electron chi connectivity index (χ4n) is 1.87. The highest BCUT2D eigenvalue weighted by atomic mass is 32.2. The minimum Gasteiger partial charge on any atom is -0.469 e. The first-order chi connectivity index (χ1) is 10.2. The van der Waals surface area contributed by atoms with E-state index in [0.29, 0.717) is 6.42 Å². The molecule has 0 aromatic heterocycles. The molecule has 0 saturated carbocycles. The molecule has 1 aromatic carbocycles. The van der Waals surface area contributed by atoms with E-state index < -0.39 is 5.60 Å². The maximum Gasteiger partial charge on any atom is 0.316 e. The number of esters is 2. The number of benzene rings is 1. The molecule has 1 aromatic rings. The monoisotopic (exact) mass is 324 g/mol. The summed E-state index contributed by atoms with van der Waals surface area (Å²) in [6, 6.07) is 7.84. The molecule has 1 atom stereocenters. The summed E-state index contributed by atoms with van der Waals surface area (Å²) in [4.78, 5) is 24.1. The third kappa shape index (κ3) is 6.98. The zero-order valence-electron chi connectivity index (χ0n) is 13.8. The number of ether oxygens (including phenoxy) is 2. The van der Waals surface area contributed by atoms with Crippen LogP contribution in [0.1, 0.15) is 33.3 Å². The summed E-state index contributed by atoms with van der Waals surface area (Å²) in [5.74, 6) is -0.302. The summed E-state index contributed by atoms with van der Waals surface area (Å²) in [7, 11) is 1.40. The number of methoxy groups -OCH3 is 1. The van der Waals surface area contributed by atoms with Gasteiger partial charge in [0.2, 0.25) is 0 Å². The van der Waals surface area contributed by atoms with Crippen molar-refractivity contribution in [3.05, 3.63) is 29.8 Å². The third-order valence-corrected chi connectivity index (χ3v) is 3.83. The first-order valence-electron chi connectivity index (χ1n) is 7.22. The molecule has 1 unspecified atom stereocenters. The highest BCUT2D eigenvalue weighted by Crippen LogP contribution is 2.21. The summed E-state index contributed by atoms with van der Waals surface area (Å²) >= 11 is 1.44. The number of thioether (sulfide) groups is 1. The van der Waals surface area contributed by atoms with Crippen molar-refractivity contribution in [2.75, 3.05) is 12.9 Å². The second-order valence-electron chi connectivity index (χ2n) is 6.15. The first-order valence-corrected chi connectivity index (χ1v) is 8.21. The van der Waals surface area contributed by atoms with Crippen LogP contribution in [0.3, 0.4) is 0 Å². The van der Waals surface area contributed by atoms with E-state index in [9.17, 15) is 9.59 Å². The molecule has 122 valence electrons. The van der Waals surface area contributed by atoms with Gasteiger partial charge in [0.05, 0.1) is 18.8 Å². The van der Waals surface area contributed by atoms with E-state index in [0.717, 1.165) is 10.5 Å². The minimum atomic E-state index is -0.453. The van der Waals surface area contributed by atoms with Gasteiger partial charge in [-0.1, -0.05) is 19.1 Å². The lowest BCUT2D eigenvalue weighted by molar-refractivity contribution is -0.151. The lowest BCUT2D eigenvalue weighted by Gasteiger charge is -2.19. The Hall–Kier alpha value is -1.49. The van der Waals surface area contributed by atoms with Gasteiger partial charge in [-0.15, -0.1) is 11.8 Å². The predicted molar refractivity (Wildman–Crippen MR) is 87.9 cm³/mol. The molecule has 0 amide bonds. The molecule has 4 nitrogen and oxygen atoms in total. The molecule has 22 heavy (non-hydrogen) atoms. The van der Waals surface area contributed by atoms with Gasteiger partial charge in [0, 0.05) is 4.90 Å². The fourth-order valence-corrected chi connectivity index (χ4v) is 2.55. The Labute approximate surface area is 136 Å². The number of carbonyl (C=O) groups is 2. The second-order valence-corrected chi connectivity index (χ2v) is 7.20. The molecule has 0 radical (unpaired) electrons. The van der Waals surface area contributed by atoms with E-state index in [1.54, 1.807) is 0 Å². The van der Waals surface area contributed by atoms with Crippen molar-refractivity contribution in [3.8, 4) is 0 Å². The molecule has 0 aliphatic heterocycles. The molecule has 0 heterocycles. The predicted octanol–water partition coefficient (Wildman–Crippen LogP) is 3.47. The Morgan fingerprint density at radius 1 is 1.18 bits per heavy atom. The largest absolute Gasteiger partial charge is 0.469 e. The van der Waals surface area contributed by atoms with E-state index in [1.807, 2.05) is 52.0 Å². The Bertz CT molecular complexity index is 502. The van der Waals surface area contributed by atoms with Crippen LogP contribution in [0.4, 0.5) is 0 Å².